The van der Waals surface area contributed by atoms with Gasteiger partial charge in [-0.25, -0.2) is 5.84 Å². The number of benzene rings is 1. The number of hydrazine groups is 1. The number of methoxy groups -OCH3 is 1. The van der Waals surface area contributed by atoms with E-state index in [4.69, 9.17) is 10.6 Å². The van der Waals surface area contributed by atoms with Crippen LogP contribution in [0, 0.1) is 6.92 Å². The van der Waals surface area contributed by atoms with Gasteiger partial charge < -0.3 is 9.30 Å². The lowest BCUT2D eigenvalue weighted by Gasteiger charge is -2.13. The summed E-state index contributed by atoms with van der Waals surface area (Å²) in [5.41, 5.74) is 3.07. The van der Waals surface area contributed by atoms with Gasteiger partial charge in [0.1, 0.15) is 11.3 Å². The summed E-state index contributed by atoms with van der Waals surface area (Å²) in [4.78, 5) is 23.4. The van der Waals surface area contributed by atoms with Crippen molar-refractivity contribution in [2.45, 2.75) is 6.92 Å². The van der Waals surface area contributed by atoms with Gasteiger partial charge in [0.25, 0.3) is 5.91 Å². The second-order valence-electron chi connectivity index (χ2n) is 4.24. The van der Waals surface area contributed by atoms with Crippen LogP contribution in [0.15, 0.2) is 41.3 Å². The van der Waals surface area contributed by atoms with Crippen molar-refractivity contribution in [2.24, 2.45) is 5.84 Å². The molecule has 2 rings (SSSR count). The smallest absolute Gasteiger partial charge is 0.270 e. The number of nitrogens with one attached hydrogen (secondary N) is 1. The quantitative estimate of drug-likeness (QED) is 0.491. The highest BCUT2D eigenvalue weighted by Crippen LogP contribution is 2.17. The molecule has 0 saturated heterocycles. The van der Waals surface area contributed by atoms with E-state index in [1.165, 1.54) is 12.3 Å². The molecular formula is C14H15N3O3. The first-order valence-electron chi connectivity index (χ1n) is 5.95. The second-order valence-corrected chi connectivity index (χ2v) is 4.24. The van der Waals surface area contributed by atoms with Crippen molar-refractivity contribution in [3.05, 3.63) is 58.0 Å². The van der Waals surface area contributed by atoms with Crippen LogP contribution in [-0.4, -0.2) is 17.6 Å². The molecule has 0 aliphatic heterocycles. The van der Waals surface area contributed by atoms with E-state index < -0.39 is 5.91 Å². The molecule has 1 aromatic carbocycles. The molecule has 0 radical (unpaired) electrons. The molecule has 1 amide bonds. The largest absolute Gasteiger partial charge is 0.497 e. The first-order valence-corrected chi connectivity index (χ1v) is 5.95. The number of rotatable bonds is 3. The Hall–Kier alpha value is -2.60. The zero-order chi connectivity index (χ0) is 14.7. The average molecular weight is 273 g/mol. The molecule has 0 aliphatic carbocycles. The molecule has 0 fully saturated rings. The normalized spacial score (nSPS) is 10.2. The maximum Gasteiger partial charge on any atom is 0.270 e. The van der Waals surface area contributed by atoms with Crippen molar-refractivity contribution in [1.82, 2.24) is 9.99 Å². The van der Waals surface area contributed by atoms with E-state index >= 15 is 0 Å². The van der Waals surface area contributed by atoms with Gasteiger partial charge in [-0.1, -0.05) is 6.07 Å². The van der Waals surface area contributed by atoms with Gasteiger partial charge in [0.2, 0.25) is 0 Å². The van der Waals surface area contributed by atoms with Crippen molar-refractivity contribution in [3.8, 4) is 11.4 Å². The minimum Gasteiger partial charge on any atom is -0.497 e. The van der Waals surface area contributed by atoms with Crippen LogP contribution in [0.4, 0.5) is 0 Å². The number of hydrogen-bond acceptors (Lipinski definition) is 4. The van der Waals surface area contributed by atoms with E-state index in [0.29, 0.717) is 11.4 Å². The molecule has 6 heteroatoms. The van der Waals surface area contributed by atoms with E-state index in [9.17, 15) is 9.59 Å². The van der Waals surface area contributed by atoms with Crippen molar-refractivity contribution in [1.29, 1.82) is 0 Å². The molecule has 3 N–H and O–H groups in total. The number of nitrogen functional groups attached to an aromatic ring is 1. The summed E-state index contributed by atoms with van der Waals surface area (Å²) in [5, 5.41) is 0. The van der Waals surface area contributed by atoms with Gasteiger partial charge in [0.15, 0.2) is 5.43 Å². The summed E-state index contributed by atoms with van der Waals surface area (Å²) >= 11 is 0. The Balaban J connectivity index is 2.61. The van der Waals surface area contributed by atoms with Crippen LogP contribution in [-0.2, 0) is 0 Å². The molecule has 2 aromatic rings. The number of aryl methyl sites for hydroxylation is 1. The molecule has 0 bridgehead atoms. The van der Waals surface area contributed by atoms with Gasteiger partial charge >= 0.3 is 0 Å². The standard InChI is InChI=1S/C14H15N3O3/c1-9-6-13(18)12(14(19)16-15)8-17(9)10-4-3-5-11(7-10)20-2/h3-8H,15H2,1-2H3,(H,16,19). The average Bonchev–Trinajstić information content (AvgIpc) is 2.46. The molecule has 0 unspecified atom stereocenters. The van der Waals surface area contributed by atoms with Crippen LogP contribution >= 0.6 is 0 Å². The van der Waals surface area contributed by atoms with Crippen molar-refractivity contribution >= 4 is 5.91 Å². The molecule has 0 saturated carbocycles. The van der Waals surface area contributed by atoms with Crippen LogP contribution in [0.3, 0.4) is 0 Å². The predicted octanol–water partition coefficient (Wildman–Crippen LogP) is 0.758. The van der Waals surface area contributed by atoms with Gasteiger partial charge in [-0.15, -0.1) is 0 Å². The van der Waals surface area contributed by atoms with E-state index in [1.807, 2.05) is 29.7 Å². The monoisotopic (exact) mass is 273 g/mol. The maximum atomic E-state index is 11.8. The summed E-state index contributed by atoms with van der Waals surface area (Å²) in [6.07, 6.45) is 1.47. The Morgan fingerprint density at radius 2 is 2.10 bits per heavy atom. The predicted molar refractivity (Wildman–Crippen MR) is 75.0 cm³/mol. The zero-order valence-electron chi connectivity index (χ0n) is 11.2. The number of amides is 1. The van der Waals surface area contributed by atoms with E-state index in [1.54, 1.807) is 18.6 Å². The third kappa shape index (κ3) is 2.55. The molecule has 0 spiro atoms. The van der Waals surface area contributed by atoms with Crippen molar-refractivity contribution in [2.75, 3.05) is 7.11 Å². The molecular weight excluding hydrogens is 258 g/mol. The van der Waals surface area contributed by atoms with Crippen LogP contribution in [0.5, 0.6) is 5.75 Å². The number of pyridine rings is 1. The molecule has 0 aliphatic rings. The van der Waals surface area contributed by atoms with Gasteiger partial charge in [-0.3, -0.25) is 15.0 Å². The summed E-state index contributed by atoms with van der Waals surface area (Å²) in [5.74, 6) is 5.14. The fraction of sp³-hybridized carbons (Fsp3) is 0.143. The van der Waals surface area contributed by atoms with Crippen molar-refractivity contribution in [3.63, 3.8) is 0 Å². The molecule has 20 heavy (non-hydrogen) atoms. The lowest BCUT2D eigenvalue weighted by atomic mass is 10.2. The van der Waals surface area contributed by atoms with E-state index in [0.717, 1.165) is 5.69 Å². The highest BCUT2D eigenvalue weighted by molar-refractivity contribution is 5.93. The third-order valence-corrected chi connectivity index (χ3v) is 2.95. The Labute approximate surface area is 115 Å². The number of nitrogens with two attached hydrogens (primary N) is 1. The molecule has 0 atom stereocenters. The van der Waals surface area contributed by atoms with Gasteiger partial charge in [0.05, 0.1) is 7.11 Å². The maximum absolute atomic E-state index is 11.8. The molecule has 6 nitrogen and oxygen atoms in total. The van der Waals surface area contributed by atoms with Crippen molar-refractivity contribution < 1.29 is 9.53 Å². The topological polar surface area (TPSA) is 86.3 Å². The van der Waals surface area contributed by atoms with Gasteiger partial charge in [-0.05, 0) is 19.1 Å². The molecule has 1 aromatic heterocycles. The Kier molecular flexibility index (Phi) is 3.86. The molecule has 104 valence electrons. The van der Waals surface area contributed by atoms with Gasteiger partial charge in [-0.2, -0.15) is 0 Å². The fourth-order valence-corrected chi connectivity index (χ4v) is 1.92. The van der Waals surface area contributed by atoms with Crippen LogP contribution in [0.25, 0.3) is 5.69 Å². The summed E-state index contributed by atoms with van der Waals surface area (Å²) in [6, 6.07) is 8.69. The number of nitrogens with zero attached hydrogens (tertiary/aromatic N) is 1. The van der Waals surface area contributed by atoms with Gasteiger partial charge in [0, 0.05) is 29.7 Å². The first kappa shape index (κ1) is 13.8. The second kappa shape index (κ2) is 5.58. The lowest BCUT2D eigenvalue weighted by molar-refractivity contribution is 0.0952. The Morgan fingerprint density at radius 3 is 2.75 bits per heavy atom. The first-order chi connectivity index (χ1) is 9.56. The van der Waals surface area contributed by atoms with Crippen LogP contribution < -0.4 is 21.4 Å². The number of ether oxygens (including phenoxy) is 1. The van der Waals surface area contributed by atoms with E-state index in [-0.39, 0.29) is 11.0 Å². The Morgan fingerprint density at radius 1 is 1.35 bits per heavy atom. The minimum atomic E-state index is -0.619. The molecule has 1 heterocycles. The zero-order valence-corrected chi connectivity index (χ0v) is 11.2. The minimum absolute atomic E-state index is 0.0130. The number of hydrogen-bond donors (Lipinski definition) is 2. The fourth-order valence-electron chi connectivity index (χ4n) is 1.92. The lowest BCUT2D eigenvalue weighted by Crippen LogP contribution is -2.34. The summed E-state index contributed by atoms with van der Waals surface area (Å²) in [7, 11) is 1.57. The highest BCUT2D eigenvalue weighted by Gasteiger charge is 2.12. The third-order valence-electron chi connectivity index (χ3n) is 2.95. The SMILES string of the molecule is COc1cccc(-n2cc(C(=O)NN)c(=O)cc2C)c1. The number of carbonyl (C=O) groups is 1. The summed E-state index contributed by atoms with van der Waals surface area (Å²) < 4.78 is 6.90. The Bertz CT molecular complexity index is 707. The van der Waals surface area contributed by atoms with E-state index in [2.05, 4.69) is 0 Å². The highest BCUT2D eigenvalue weighted by atomic mass is 16.5. The van der Waals surface area contributed by atoms with Crippen LogP contribution in [0.2, 0.25) is 0 Å². The van der Waals surface area contributed by atoms with Crippen LogP contribution in [0.1, 0.15) is 16.1 Å². The summed E-state index contributed by atoms with van der Waals surface area (Å²) in [6.45, 7) is 1.78. The number of aromatic nitrogens is 1. The number of carbonyl (C=O) groups excluding carboxylic acids is 1.